The molecule has 115 heavy (non-hydrogen) atoms. The molecule has 0 aromatic carbocycles. The minimum atomic E-state index is -5.49. The molecule has 0 aliphatic carbocycles. The van der Waals surface area contributed by atoms with E-state index in [-0.39, 0.29) is 44.2 Å². The summed E-state index contributed by atoms with van der Waals surface area (Å²) in [6.45, 7) is 12.7. The van der Waals surface area contributed by atoms with Crippen LogP contribution in [0.2, 0.25) is 0 Å². The number of aliphatic hydroxyl groups is 1. The molecule has 676 valence electrons. The third-order valence-electron chi connectivity index (χ3n) is 23.8. The van der Waals surface area contributed by atoms with Crippen LogP contribution in [0, 0.1) is 0 Å². The van der Waals surface area contributed by atoms with E-state index < -0.39 is 99.7 Å². The van der Waals surface area contributed by atoms with E-state index in [0.29, 0.717) is 70.8 Å². The lowest BCUT2D eigenvalue weighted by Gasteiger charge is -2.45. The van der Waals surface area contributed by atoms with Gasteiger partial charge in [-0.25, -0.2) is 4.57 Å². The van der Waals surface area contributed by atoms with Crippen molar-refractivity contribution in [2.24, 2.45) is 0 Å². The Bertz CT molecular complexity index is 2360. The third-order valence-corrected chi connectivity index (χ3v) is 24.3. The van der Waals surface area contributed by atoms with Crippen molar-refractivity contribution in [1.29, 1.82) is 0 Å². The van der Waals surface area contributed by atoms with Gasteiger partial charge in [0.1, 0.15) is 36.6 Å². The number of aliphatic hydroxyl groups excluding tert-OH is 1. The zero-order valence-electron chi connectivity index (χ0n) is 75.0. The van der Waals surface area contributed by atoms with Crippen molar-refractivity contribution in [3.63, 3.8) is 0 Å². The fourth-order valence-corrected chi connectivity index (χ4v) is 17.2. The molecule has 0 bridgehead atoms. The highest BCUT2D eigenvalue weighted by molar-refractivity contribution is 7.46. The van der Waals surface area contributed by atoms with Crippen LogP contribution < -0.4 is 5.32 Å². The van der Waals surface area contributed by atoms with Crippen molar-refractivity contribution < 1.29 is 81.2 Å². The first-order valence-electron chi connectivity index (χ1n) is 49.0. The number of nitrogens with zero attached hydrogens (tertiary/aromatic N) is 1. The summed E-state index contributed by atoms with van der Waals surface area (Å²) in [4.78, 5) is 109. The molecule has 2 amide bonds. The summed E-state index contributed by atoms with van der Waals surface area (Å²) >= 11 is 0. The number of carbonyl (C=O) groups is 6. The Hall–Kier alpha value is -3.19. The quantitative estimate of drug-likeness (QED) is 0.0191. The summed E-state index contributed by atoms with van der Waals surface area (Å²) in [7, 11) is -5.49. The van der Waals surface area contributed by atoms with E-state index in [0.717, 1.165) is 141 Å². The van der Waals surface area contributed by atoms with Gasteiger partial charge in [-0.15, -0.1) is 0 Å². The number of carbonyl (C=O) groups excluding carboxylic acids is 6. The lowest BCUT2D eigenvalue weighted by Crippen LogP contribution is -2.66. The molecule has 2 aliphatic rings. The normalized spacial score (nSPS) is 17.9. The second kappa shape index (κ2) is 75.8. The van der Waals surface area contributed by atoms with Gasteiger partial charge in [-0.3, -0.25) is 33.3 Å². The van der Waals surface area contributed by atoms with E-state index >= 15 is 4.79 Å². The predicted molar refractivity (Wildman–Crippen MR) is 467 cm³/mol. The number of nitrogens with one attached hydrogen (secondary N) is 1. The zero-order valence-corrected chi connectivity index (χ0v) is 75.9. The van der Waals surface area contributed by atoms with Gasteiger partial charge in [0.2, 0.25) is 11.8 Å². The first kappa shape index (κ1) is 108. The Morgan fingerprint density at radius 3 is 1.00 bits per heavy atom. The molecular formula is C95H179N2O17P. The van der Waals surface area contributed by atoms with Crippen molar-refractivity contribution in [3.8, 4) is 0 Å². The number of likely N-dealkylation sites (tertiary alicyclic amines) is 1. The monoisotopic (exact) mass is 1650 g/mol. The molecule has 0 aromatic heterocycles. The van der Waals surface area contributed by atoms with Gasteiger partial charge in [-0.1, -0.05) is 388 Å². The van der Waals surface area contributed by atoms with Gasteiger partial charge in [-0.2, -0.15) is 0 Å². The van der Waals surface area contributed by atoms with Crippen LogP contribution in [0.25, 0.3) is 0 Å². The summed E-state index contributed by atoms with van der Waals surface area (Å²) in [6.07, 6.45) is 59.7. The molecule has 2 aliphatic heterocycles. The number of ether oxygens (including phenoxy) is 6. The molecule has 9 atom stereocenters. The predicted octanol–water partition coefficient (Wildman–Crippen LogP) is 25.4. The number of phosphoric ester groups is 1. The van der Waals surface area contributed by atoms with E-state index in [1.54, 1.807) is 4.90 Å². The number of phosphoric acid groups is 1. The topological polar surface area (TPSA) is 260 Å². The summed E-state index contributed by atoms with van der Waals surface area (Å²) in [5, 5.41) is 14.1. The van der Waals surface area contributed by atoms with Crippen LogP contribution in [0.3, 0.4) is 0 Å². The van der Waals surface area contributed by atoms with Gasteiger partial charge in [0.15, 0.2) is 12.4 Å². The van der Waals surface area contributed by atoms with Crippen molar-refractivity contribution in [1.82, 2.24) is 10.2 Å². The van der Waals surface area contributed by atoms with Crippen molar-refractivity contribution >= 4 is 43.5 Å². The standard InChI is InChI=1S/C95H179N2O17P/c1-7-13-19-25-31-37-40-46-52-58-64-72-88(101)109-82(69-61-55-49-43-34-28-22-16-10-4)76-86(99)96-92-94(113-91(104)78-84(71-63-57-51-45-36-30-24-18-12-6)111-90(103)74-66-60-54-48-42-39-33-27-21-15-9-3)93(114-115(105,106)107)85(79-98)112-95(92)108-80-81-68-67-75-97(81)87(100)77-83(70-62-56-50-44-35-29-23-17-11-5)110-89(102)73-65-59-53-47-41-38-32-26-20-14-8-2/h81-85,92-95,98H,7-80H2,1-6H3,(H,96,99)(H2,105,106,107)/t81?,82-,83-,84-,85?,92?,93-,94?,95-/m1/s1. The van der Waals surface area contributed by atoms with E-state index in [1.807, 2.05) is 0 Å². The molecule has 0 radical (unpaired) electrons. The summed E-state index contributed by atoms with van der Waals surface area (Å²) in [5.74, 6) is -2.89. The van der Waals surface area contributed by atoms with E-state index in [4.69, 9.17) is 32.9 Å². The van der Waals surface area contributed by atoms with Crippen molar-refractivity contribution in [3.05, 3.63) is 0 Å². The maximum absolute atomic E-state index is 15.1. The molecule has 4 N–H and O–H groups in total. The number of hydrogen-bond donors (Lipinski definition) is 4. The molecule has 2 saturated heterocycles. The molecule has 0 spiro atoms. The SMILES string of the molecule is CCCCCCCCCCCCCC(=O)O[C@H](CCCCCCCCCCC)CC(=O)NC1C(OC(=O)C[C@@H](CCCCCCCCCCC)OC(=O)CCCCCCCCCCCCC)[C@H](OP(=O)(O)O)C(CO)O[C@H]1OCC1CCCN1C(=O)C[C@@H](CCCCCCCCCCC)OC(=O)CCCCCCCCCCCCC. The summed E-state index contributed by atoms with van der Waals surface area (Å²) in [6, 6.07) is -2.10. The Kier molecular flexibility index (Phi) is 71.1. The molecule has 4 unspecified atom stereocenters. The highest BCUT2D eigenvalue weighted by atomic mass is 31.2. The van der Waals surface area contributed by atoms with Gasteiger partial charge in [-0.05, 0) is 70.6 Å². The van der Waals surface area contributed by atoms with Gasteiger partial charge < -0.3 is 53.5 Å². The van der Waals surface area contributed by atoms with Gasteiger partial charge in [0.05, 0.1) is 38.5 Å². The number of unbranched alkanes of at least 4 members (excludes halogenated alkanes) is 54. The number of rotatable bonds is 83. The van der Waals surface area contributed by atoms with Crippen LogP contribution in [-0.2, 0) is 66.3 Å². The van der Waals surface area contributed by atoms with Crippen LogP contribution in [0.1, 0.15) is 497 Å². The fourth-order valence-electron chi connectivity index (χ4n) is 16.7. The molecule has 2 rings (SSSR count). The average Bonchev–Trinajstić information content (AvgIpc) is 1.12. The Balaban J connectivity index is 2.60. The van der Waals surface area contributed by atoms with Crippen LogP contribution in [0.4, 0.5) is 0 Å². The molecule has 0 aromatic rings. The van der Waals surface area contributed by atoms with Gasteiger partial charge >= 0.3 is 31.7 Å². The van der Waals surface area contributed by atoms with Crippen LogP contribution in [-0.4, -0.2) is 130 Å². The number of hydrogen-bond acceptors (Lipinski definition) is 15. The van der Waals surface area contributed by atoms with E-state index in [9.17, 15) is 43.4 Å². The van der Waals surface area contributed by atoms with Crippen LogP contribution >= 0.6 is 7.82 Å². The second-order valence-corrected chi connectivity index (χ2v) is 35.9. The Labute approximate surface area is 703 Å². The van der Waals surface area contributed by atoms with Crippen molar-refractivity contribution in [2.45, 2.75) is 552 Å². The molecule has 20 heteroatoms. The fraction of sp³-hybridized carbons (Fsp3) is 0.937. The zero-order chi connectivity index (χ0) is 83.7. The molecule has 2 fully saturated rings. The average molecular weight is 1650 g/mol. The maximum Gasteiger partial charge on any atom is 0.470 e. The molecular weight excluding hydrogens is 1470 g/mol. The van der Waals surface area contributed by atoms with Crippen LogP contribution in [0.5, 0.6) is 0 Å². The minimum Gasteiger partial charge on any atom is -0.462 e. The first-order valence-corrected chi connectivity index (χ1v) is 50.5. The lowest BCUT2D eigenvalue weighted by molar-refractivity contribution is -0.273. The first-order chi connectivity index (χ1) is 56.0. The maximum atomic E-state index is 15.1. The van der Waals surface area contributed by atoms with Crippen molar-refractivity contribution in [2.75, 3.05) is 19.8 Å². The van der Waals surface area contributed by atoms with Crippen LogP contribution in [0.15, 0.2) is 0 Å². The Morgan fingerprint density at radius 1 is 0.391 bits per heavy atom. The highest BCUT2D eigenvalue weighted by Crippen LogP contribution is 2.43. The largest absolute Gasteiger partial charge is 0.470 e. The van der Waals surface area contributed by atoms with E-state index in [1.165, 1.54) is 218 Å². The number of esters is 4. The molecule has 2 heterocycles. The molecule has 0 saturated carbocycles. The minimum absolute atomic E-state index is 0.0129. The van der Waals surface area contributed by atoms with Gasteiger partial charge in [0.25, 0.3) is 0 Å². The second-order valence-electron chi connectivity index (χ2n) is 34.7. The Morgan fingerprint density at radius 2 is 0.687 bits per heavy atom. The highest BCUT2D eigenvalue weighted by Gasteiger charge is 2.53. The molecule has 19 nitrogen and oxygen atoms in total. The van der Waals surface area contributed by atoms with E-state index in [2.05, 4.69) is 46.9 Å². The lowest BCUT2D eigenvalue weighted by atomic mass is 9.95. The number of amides is 2. The summed E-state index contributed by atoms with van der Waals surface area (Å²) < 4.78 is 56.7. The summed E-state index contributed by atoms with van der Waals surface area (Å²) in [5.41, 5.74) is 0. The van der Waals surface area contributed by atoms with Gasteiger partial charge in [0, 0.05) is 25.8 Å². The smallest absolute Gasteiger partial charge is 0.462 e. The third kappa shape index (κ3) is 60.9.